The van der Waals surface area contributed by atoms with Gasteiger partial charge in [-0.25, -0.2) is 0 Å². The number of aryl methyl sites for hydroxylation is 1. The van der Waals surface area contributed by atoms with Crippen LogP contribution < -0.4 is 10.6 Å². The smallest absolute Gasteiger partial charge is 0.313 e. The van der Waals surface area contributed by atoms with E-state index in [9.17, 15) is 9.59 Å². The predicted molar refractivity (Wildman–Crippen MR) is 80.9 cm³/mol. The molecule has 0 bridgehead atoms. The number of carbonyl (C=O) groups excluding carboxylic acids is 2. The van der Waals surface area contributed by atoms with Crippen LogP contribution in [0.5, 0.6) is 0 Å². The van der Waals surface area contributed by atoms with Crippen molar-refractivity contribution < 1.29 is 9.59 Å². The van der Waals surface area contributed by atoms with Gasteiger partial charge in [0.25, 0.3) is 0 Å². The maximum absolute atomic E-state index is 11.8. The van der Waals surface area contributed by atoms with Gasteiger partial charge >= 0.3 is 11.8 Å². The van der Waals surface area contributed by atoms with Crippen molar-refractivity contribution in [3.05, 3.63) is 58.9 Å². The van der Waals surface area contributed by atoms with E-state index in [2.05, 4.69) is 15.6 Å². The van der Waals surface area contributed by atoms with Crippen molar-refractivity contribution in [2.75, 3.05) is 5.32 Å². The number of pyridine rings is 1. The minimum Gasteiger partial charge on any atom is -0.344 e. The Balaban J connectivity index is 1.94. The SMILES string of the molecule is Cc1ccc(Cl)cc1NC(=O)C(=O)NCc1ccncc1. The number of benzene rings is 1. The number of amides is 2. The van der Waals surface area contributed by atoms with E-state index in [-0.39, 0.29) is 6.54 Å². The van der Waals surface area contributed by atoms with Gasteiger partial charge in [0.1, 0.15) is 0 Å². The van der Waals surface area contributed by atoms with E-state index in [4.69, 9.17) is 11.6 Å². The third-order valence-electron chi connectivity index (χ3n) is 2.86. The summed E-state index contributed by atoms with van der Waals surface area (Å²) in [6.45, 7) is 2.09. The van der Waals surface area contributed by atoms with Crippen LogP contribution in [0.25, 0.3) is 0 Å². The summed E-state index contributed by atoms with van der Waals surface area (Å²) in [7, 11) is 0. The number of aromatic nitrogens is 1. The highest BCUT2D eigenvalue weighted by Crippen LogP contribution is 2.19. The van der Waals surface area contributed by atoms with E-state index < -0.39 is 11.8 Å². The number of nitrogens with one attached hydrogen (secondary N) is 2. The first-order chi connectivity index (χ1) is 10.1. The molecular formula is C15H14ClN3O2. The first-order valence-corrected chi connectivity index (χ1v) is 6.68. The van der Waals surface area contributed by atoms with Crippen LogP contribution in [-0.2, 0) is 16.1 Å². The third kappa shape index (κ3) is 4.29. The fraction of sp³-hybridized carbons (Fsp3) is 0.133. The zero-order valence-electron chi connectivity index (χ0n) is 11.4. The van der Waals surface area contributed by atoms with E-state index in [0.717, 1.165) is 11.1 Å². The Labute approximate surface area is 127 Å². The summed E-state index contributed by atoms with van der Waals surface area (Å²) in [4.78, 5) is 27.4. The van der Waals surface area contributed by atoms with Crippen molar-refractivity contribution in [3.8, 4) is 0 Å². The molecule has 0 atom stereocenters. The largest absolute Gasteiger partial charge is 0.344 e. The molecule has 2 rings (SSSR count). The Morgan fingerprint density at radius 2 is 1.86 bits per heavy atom. The van der Waals surface area contributed by atoms with Crippen LogP contribution in [0.2, 0.25) is 5.02 Å². The zero-order chi connectivity index (χ0) is 15.2. The quantitative estimate of drug-likeness (QED) is 0.855. The van der Waals surface area contributed by atoms with E-state index in [0.29, 0.717) is 10.7 Å². The lowest BCUT2D eigenvalue weighted by molar-refractivity contribution is -0.136. The van der Waals surface area contributed by atoms with Crippen LogP contribution in [-0.4, -0.2) is 16.8 Å². The average Bonchev–Trinajstić information content (AvgIpc) is 2.49. The van der Waals surface area contributed by atoms with Gasteiger partial charge in [0.2, 0.25) is 0 Å². The standard InChI is InChI=1S/C15H14ClN3O2/c1-10-2-3-12(16)8-13(10)19-15(21)14(20)18-9-11-4-6-17-7-5-11/h2-8H,9H2,1H3,(H,18,20)(H,19,21). The molecule has 0 aliphatic carbocycles. The average molecular weight is 304 g/mol. The first kappa shape index (κ1) is 15.0. The van der Waals surface area contributed by atoms with Gasteiger partial charge < -0.3 is 10.6 Å². The summed E-state index contributed by atoms with van der Waals surface area (Å²) < 4.78 is 0. The highest BCUT2D eigenvalue weighted by Gasteiger charge is 2.14. The van der Waals surface area contributed by atoms with Crippen molar-refractivity contribution in [2.45, 2.75) is 13.5 Å². The van der Waals surface area contributed by atoms with Crippen LogP contribution >= 0.6 is 11.6 Å². The lowest BCUT2D eigenvalue weighted by Crippen LogP contribution is -2.35. The molecule has 6 heteroatoms. The van der Waals surface area contributed by atoms with Crippen molar-refractivity contribution in [1.29, 1.82) is 0 Å². The molecule has 0 spiro atoms. The van der Waals surface area contributed by atoms with Crippen molar-refractivity contribution in [3.63, 3.8) is 0 Å². The summed E-state index contributed by atoms with van der Waals surface area (Å²) in [6.07, 6.45) is 3.24. The van der Waals surface area contributed by atoms with Gasteiger partial charge in [-0.05, 0) is 42.3 Å². The van der Waals surface area contributed by atoms with Crippen molar-refractivity contribution in [1.82, 2.24) is 10.3 Å². The summed E-state index contributed by atoms with van der Waals surface area (Å²) in [6, 6.07) is 8.62. The maximum Gasteiger partial charge on any atom is 0.313 e. The molecule has 1 heterocycles. The molecular weight excluding hydrogens is 290 g/mol. The molecule has 0 saturated carbocycles. The van der Waals surface area contributed by atoms with Gasteiger partial charge in [0.15, 0.2) is 0 Å². The van der Waals surface area contributed by atoms with Crippen LogP contribution in [0, 0.1) is 6.92 Å². The van der Waals surface area contributed by atoms with Gasteiger partial charge in [0, 0.05) is 29.6 Å². The molecule has 2 amide bonds. The predicted octanol–water partition coefficient (Wildman–Crippen LogP) is 2.30. The van der Waals surface area contributed by atoms with Crippen LogP contribution in [0.3, 0.4) is 0 Å². The summed E-state index contributed by atoms with van der Waals surface area (Å²) >= 11 is 5.86. The number of carbonyl (C=O) groups is 2. The molecule has 108 valence electrons. The number of nitrogens with zero attached hydrogens (tertiary/aromatic N) is 1. The number of hydrogen-bond donors (Lipinski definition) is 2. The molecule has 0 aliphatic heterocycles. The molecule has 0 unspecified atom stereocenters. The monoisotopic (exact) mass is 303 g/mol. The molecule has 1 aromatic carbocycles. The Morgan fingerprint density at radius 1 is 1.14 bits per heavy atom. The van der Waals surface area contributed by atoms with E-state index in [1.807, 2.05) is 6.92 Å². The molecule has 0 saturated heterocycles. The van der Waals surface area contributed by atoms with Crippen LogP contribution in [0.4, 0.5) is 5.69 Å². The van der Waals surface area contributed by atoms with Crippen LogP contribution in [0.1, 0.15) is 11.1 Å². The molecule has 5 nitrogen and oxygen atoms in total. The Kier molecular flexibility index (Phi) is 4.90. The molecule has 0 radical (unpaired) electrons. The number of rotatable bonds is 3. The molecule has 21 heavy (non-hydrogen) atoms. The van der Waals surface area contributed by atoms with Gasteiger partial charge in [-0.2, -0.15) is 0 Å². The normalized spacial score (nSPS) is 10.0. The second kappa shape index (κ2) is 6.85. The fourth-order valence-corrected chi connectivity index (χ4v) is 1.84. The second-order valence-electron chi connectivity index (χ2n) is 4.45. The highest BCUT2D eigenvalue weighted by molar-refractivity contribution is 6.40. The number of halogens is 1. The Hall–Kier alpha value is -2.40. The third-order valence-corrected chi connectivity index (χ3v) is 3.09. The molecule has 0 aliphatic rings. The maximum atomic E-state index is 11.8. The number of hydrogen-bond acceptors (Lipinski definition) is 3. The fourth-order valence-electron chi connectivity index (χ4n) is 1.67. The molecule has 2 aromatic rings. The van der Waals surface area contributed by atoms with Gasteiger partial charge in [-0.1, -0.05) is 17.7 Å². The van der Waals surface area contributed by atoms with Crippen molar-refractivity contribution >= 4 is 29.1 Å². The first-order valence-electron chi connectivity index (χ1n) is 6.30. The number of anilines is 1. The summed E-state index contributed by atoms with van der Waals surface area (Å²) in [5, 5.41) is 5.57. The Morgan fingerprint density at radius 3 is 2.57 bits per heavy atom. The molecule has 1 aromatic heterocycles. The highest BCUT2D eigenvalue weighted by atomic mass is 35.5. The molecule has 0 fully saturated rings. The van der Waals surface area contributed by atoms with Gasteiger partial charge in [-0.15, -0.1) is 0 Å². The van der Waals surface area contributed by atoms with Gasteiger partial charge in [0.05, 0.1) is 0 Å². The minimum absolute atomic E-state index is 0.267. The van der Waals surface area contributed by atoms with Gasteiger partial charge in [-0.3, -0.25) is 14.6 Å². The lowest BCUT2D eigenvalue weighted by atomic mass is 10.2. The van der Waals surface area contributed by atoms with E-state index in [1.54, 1.807) is 42.7 Å². The Bertz CT molecular complexity index is 659. The van der Waals surface area contributed by atoms with Crippen molar-refractivity contribution in [2.24, 2.45) is 0 Å². The zero-order valence-corrected chi connectivity index (χ0v) is 12.1. The summed E-state index contributed by atoms with van der Waals surface area (Å²) in [5.74, 6) is -1.43. The molecule has 2 N–H and O–H groups in total. The van der Waals surface area contributed by atoms with E-state index >= 15 is 0 Å². The minimum atomic E-state index is -0.727. The lowest BCUT2D eigenvalue weighted by Gasteiger charge is -2.09. The summed E-state index contributed by atoms with van der Waals surface area (Å²) in [5.41, 5.74) is 2.21. The van der Waals surface area contributed by atoms with E-state index in [1.165, 1.54) is 0 Å². The second-order valence-corrected chi connectivity index (χ2v) is 4.89. The van der Waals surface area contributed by atoms with Crippen LogP contribution in [0.15, 0.2) is 42.7 Å². The topological polar surface area (TPSA) is 71.1 Å².